The number of Topliss-reactive ketones (excluding diaryl/α,β-unsaturated/α-hetero) is 1. The molecule has 0 radical (unpaired) electrons. The number of ketones is 1. The summed E-state index contributed by atoms with van der Waals surface area (Å²) in [5, 5.41) is 3.51. The molecule has 1 aliphatic heterocycles. The number of anilines is 1. The van der Waals surface area contributed by atoms with Crippen molar-refractivity contribution in [2.24, 2.45) is 5.92 Å². The first-order valence-electron chi connectivity index (χ1n) is 8.80. The van der Waals surface area contributed by atoms with Crippen LogP contribution in [-0.4, -0.2) is 30.7 Å². The lowest BCUT2D eigenvalue weighted by Gasteiger charge is -2.16. The summed E-state index contributed by atoms with van der Waals surface area (Å²) in [5.74, 6) is -5.55. The summed E-state index contributed by atoms with van der Waals surface area (Å²) < 4.78 is 27.0. The molecule has 29 heavy (non-hydrogen) atoms. The van der Waals surface area contributed by atoms with Crippen LogP contribution in [0.5, 0.6) is 0 Å². The lowest BCUT2D eigenvalue weighted by molar-refractivity contribution is -0.139. The lowest BCUT2D eigenvalue weighted by atomic mass is 10.1. The fourth-order valence-corrected chi connectivity index (χ4v) is 3.38. The maximum absolute atomic E-state index is 13.9. The first-order valence-corrected chi connectivity index (χ1v) is 9.56. The molecule has 9 heteroatoms. The van der Waals surface area contributed by atoms with E-state index in [0.29, 0.717) is 29.0 Å². The van der Waals surface area contributed by atoms with Crippen molar-refractivity contribution in [3.8, 4) is 0 Å². The maximum atomic E-state index is 13.9. The normalized spacial score (nSPS) is 16.4. The standard InChI is InChI=1S/C20H16Cl2F2N2O3/c21-14-5-3-11(8-15(14)22)2-1-7-25-19(28)13-10-26(20(29)18(13)27)17-6-4-12(23)9-16(17)24/h3-6,8-9,13H,1-2,7,10H2,(H,25,28). The van der Waals surface area contributed by atoms with Crippen LogP contribution in [0.25, 0.3) is 0 Å². The Morgan fingerprint density at radius 1 is 1.10 bits per heavy atom. The van der Waals surface area contributed by atoms with Crippen LogP contribution >= 0.6 is 23.2 Å². The van der Waals surface area contributed by atoms with Gasteiger partial charge in [0.05, 0.1) is 15.7 Å². The van der Waals surface area contributed by atoms with Crippen LogP contribution in [0.3, 0.4) is 0 Å². The number of hydrogen-bond acceptors (Lipinski definition) is 3. The summed E-state index contributed by atoms with van der Waals surface area (Å²) in [6.45, 7) is -0.0131. The van der Waals surface area contributed by atoms with Crippen molar-refractivity contribution in [1.29, 1.82) is 0 Å². The van der Waals surface area contributed by atoms with Gasteiger partial charge in [0.25, 0.3) is 5.91 Å². The maximum Gasteiger partial charge on any atom is 0.295 e. The second-order valence-corrected chi connectivity index (χ2v) is 7.39. The van der Waals surface area contributed by atoms with Gasteiger partial charge >= 0.3 is 0 Å². The molecular weight excluding hydrogens is 425 g/mol. The van der Waals surface area contributed by atoms with Gasteiger partial charge in [-0.05, 0) is 42.7 Å². The summed E-state index contributed by atoms with van der Waals surface area (Å²) in [7, 11) is 0. The second kappa shape index (κ2) is 8.88. The van der Waals surface area contributed by atoms with Gasteiger partial charge < -0.3 is 10.2 Å². The summed E-state index contributed by atoms with van der Waals surface area (Å²) in [6.07, 6.45) is 1.20. The van der Waals surface area contributed by atoms with E-state index in [9.17, 15) is 23.2 Å². The predicted molar refractivity (Wildman–Crippen MR) is 105 cm³/mol. The van der Waals surface area contributed by atoms with E-state index >= 15 is 0 Å². The Kier molecular flexibility index (Phi) is 6.49. The molecule has 0 bridgehead atoms. The quantitative estimate of drug-likeness (QED) is 0.424. The molecule has 1 atom stereocenters. The van der Waals surface area contributed by atoms with Gasteiger partial charge in [0.2, 0.25) is 11.7 Å². The van der Waals surface area contributed by atoms with Crippen molar-refractivity contribution in [1.82, 2.24) is 5.32 Å². The topological polar surface area (TPSA) is 66.5 Å². The monoisotopic (exact) mass is 440 g/mol. The number of aryl methyl sites for hydroxylation is 1. The Morgan fingerprint density at radius 3 is 2.55 bits per heavy atom. The molecule has 3 rings (SSSR count). The van der Waals surface area contributed by atoms with Crippen LogP contribution in [-0.2, 0) is 20.8 Å². The molecule has 0 spiro atoms. The minimum atomic E-state index is -1.24. The van der Waals surface area contributed by atoms with Crippen LogP contribution in [0.2, 0.25) is 10.0 Å². The van der Waals surface area contributed by atoms with E-state index in [2.05, 4.69) is 5.32 Å². The van der Waals surface area contributed by atoms with E-state index in [4.69, 9.17) is 23.2 Å². The number of hydrogen-bond donors (Lipinski definition) is 1. The van der Waals surface area contributed by atoms with Crippen molar-refractivity contribution in [3.05, 3.63) is 63.6 Å². The highest BCUT2D eigenvalue weighted by Crippen LogP contribution is 2.26. The van der Waals surface area contributed by atoms with Gasteiger partial charge in [-0.25, -0.2) is 8.78 Å². The van der Waals surface area contributed by atoms with Gasteiger partial charge in [-0.15, -0.1) is 0 Å². The molecule has 0 saturated carbocycles. The van der Waals surface area contributed by atoms with Crippen LogP contribution in [0.1, 0.15) is 12.0 Å². The zero-order valence-electron chi connectivity index (χ0n) is 15.1. The predicted octanol–water partition coefficient (Wildman–Crippen LogP) is 3.55. The van der Waals surface area contributed by atoms with Crippen LogP contribution in [0, 0.1) is 17.6 Å². The molecule has 1 unspecified atom stereocenters. The molecule has 2 amide bonds. The molecule has 2 aromatic rings. The minimum Gasteiger partial charge on any atom is -0.355 e. The molecule has 1 aliphatic rings. The van der Waals surface area contributed by atoms with Gasteiger partial charge in [-0.3, -0.25) is 14.4 Å². The number of halogens is 4. The Bertz CT molecular complexity index is 984. The van der Waals surface area contributed by atoms with Crippen molar-refractivity contribution >= 4 is 46.5 Å². The van der Waals surface area contributed by atoms with Crippen LogP contribution in [0.4, 0.5) is 14.5 Å². The second-order valence-electron chi connectivity index (χ2n) is 6.57. The number of carbonyl (C=O) groups excluding carboxylic acids is 3. The van der Waals surface area contributed by atoms with Crippen molar-refractivity contribution < 1.29 is 23.2 Å². The molecule has 152 valence electrons. The Balaban J connectivity index is 1.56. The molecule has 5 nitrogen and oxygen atoms in total. The zero-order valence-corrected chi connectivity index (χ0v) is 16.6. The van der Waals surface area contributed by atoms with E-state index in [0.717, 1.165) is 22.6 Å². The molecule has 2 aromatic carbocycles. The highest BCUT2D eigenvalue weighted by atomic mass is 35.5. The number of carbonyl (C=O) groups is 3. The summed E-state index contributed by atoms with van der Waals surface area (Å²) in [5.41, 5.74) is 0.707. The first-order chi connectivity index (χ1) is 13.8. The molecular formula is C20H16Cl2F2N2O3. The molecule has 1 saturated heterocycles. The van der Waals surface area contributed by atoms with E-state index in [1.165, 1.54) is 0 Å². The Labute approximate surface area is 175 Å². The summed E-state index contributed by atoms with van der Waals surface area (Å²) >= 11 is 11.8. The third-order valence-corrected chi connectivity index (χ3v) is 5.32. The Morgan fingerprint density at radius 2 is 1.86 bits per heavy atom. The van der Waals surface area contributed by atoms with E-state index in [1.807, 2.05) is 6.07 Å². The average Bonchev–Trinajstić information content (AvgIpc) is 2.97. The zero-order chi connectivity index (χ0) is 21.1. The largest absolute Gasteiger partial charge is 0.355 e. The van der Waals surface area contributed by atoms with E-state index in [-0.39, 0.29) is 18.8 Å². The average molecular weight is 441 g/mol. The number of nitrogens with one attached hydrogen (secondary N) is 1. The third-order valence-electron chi connectivity index (χ3n) is 4.58. The van der Waals surface area contributed by atoms with Crippen molar-refractivity contribution in [2.45, 2.75) is 12.8 Å². The first kappa shape index (κ1) is 21.2. The molecule has 1 fully saturated rings. The van der Waals surface area contributed by atoms with Crippen LogP contribution in [0.15, 0.2) is 36.4 Å². The number of nitrogens with zero attached hydrogens (tertiary/aromatic N) is 1. The fraction of sp³-hybridized carbons (Fsp3) is 0.250. The highest BCUT2D eigenvalue weighted by Gasteiger charge is 2.44. The van der Waals surface area contributed by atoms with Gasteiger partial charge in [0.15, 0.2) is 0 Å². The summed E-state index contributed by atoms with van der Waals surface area (Å²) in [4.78, 5) is 37.5. The molecule has 1 heterocycles. The van der Waals surface area contributed by atoms with E-state index < -0.39 is 35.1 Å². The highest BCUT2D eigenvalue weighted by molar-refractivity contribution is 6.47. The lowest BCUT2D eigenvalue weighted by Crippen LogP contribution is -2.36. The SMILES string of the molecule is O=C(NCCCc1ccc(Cl)c(Cl)c1)C1CN(c2ccc(F)cc2F)C(=O)C1=O. The Hall–Kier alpha value is -2.51. The molecule has 0 aliphatic carbocycles. The van der Waals surface area contributed by atoms with Crippen molar-refractivity contribution in [3.63, 3.8) is 0 Å². The van der Waals surface area contributed by atoms with Crippen LogP contribution < -0.4 is 10.2 Å². The third kappa shape index (κ3) is 4.74. The number of rotatable bonds is 6. The van der Waals surface area contributed by atoms with E-state index in [1.54, 1.807) is 12.1 Å². The fourth-order valence-electron chi connectivity index (χ4n) is 3.06. The van der Waals surface area contributed by atoms with Gasteiger partial charge in [-0.2, -0.15) is 0 Å². The smallest absolute Gasteiger partial charge is 0.295 e. The molecule has 1 N–H and O–H groups in total. The number of benzene rings is 2. The summed E-state index contributed by atoms with van der Waals surface area (Å²) in [6, 6.07) is 7.90. The minimum absolute atomic E-state index is 0.236. The van der Waals surface area contributed by atoms with Gasteiger partial charge in [0, 0.05) is 19.2 Å². The van der Waals surface area contributed by atoms with Gasteiger partial charge in [0.1, 0.15) is 17.6 Å². The van der Waals surface area contributed by atoms with Crippen molar-refractivity contribution in [2.75, 3.05) is 18.0 Å². The molecule has 0 aromatic heterocycles. The number of amides is 2. The van der Waals surface area contributed by atoms with Gasteiger partial charge in [-0.1, -0.05) is 29.3 Å².